The summed E-state index contributed by atoms with van der Waals surface area (Å²) in [5.41, 5.74) is 6.25. The van der Waals surface area contributed by atoms with Crippen molar-refractivity contribution < 1.29 is 18.7 Å². The summed E-state index contributed by atoms with van der Waals surface area (Å²) >= 11 is 0.976. The maximum Gasteiger partial charge on any atom is 0.343 e. The van der Waals surface area contributed by atoms with Crippen LogP contribution in [-0.4, -0.2) is 22.4 Å². The lowest BCUT2D eigenvalue weighted by Crippen LogP contribution is -2.30. The summed E-state index contributed by atoms with van der Waals surface area (Å²) in [4.78, 5) is 23.9. The van der Waals surface area contributed by atoms with Gasteiger partial charge in [0.2, 0.25) is 0 Å². The van der Waals surface area contributed by atoms with Crippen molar-refractivity contribution in [3.05, 3.63) is 41.3 Å². The van der Waals surface area contributed by atoms with E-state index in [1.165, 1.54) is 25.1 Å². The fourth-order valence-corrected chi connectivity index (χ4v) is 2.35. The molecule has 0 fully saturated rings. The number of nitrogens with zero attached hydrogens (tertiary/aromatic N) is 1. The smallest absolute Gasteiger partial charge is 0.343 e. The Bertz CT molecular complexity index is 698. The van der Waals surface area contributed by atoms with E-state index in [1.54, 1.807) is 13.0 Å². The van der Waals surface area contributed by atoms with Gasteiger partial charge < -0.3 is 15.8 Å². The molecule has 0 radical (unpaired) electrons. The van der Waals surface area contributed by atoms with Gasteiger partial charge in [-0.2, -0.15) is 4.37 Å². The van der Waals surface area contributed by atoms with Gasteiger partial charge in [-0.15, -0.1) is 0 Å². The van der Waals surface area contributed by atoms with Crippen LogP contribution >= 0.6 is 11.5 Å². The molecule has 8 heteroatoms. The first-order valence-corrected chi connectivity index (χ1v) is 7.15. The lowest BCUT2D eigenvalue weighted by Gasteiger charge is -2.13. The summed E-state index contributed by atoms with van der Waals surface area (Å²) in [7, 11) is 0. The first-order valence-electron chi connectivity index (χ1n) is 6.38. The molecule has 3 N–H and O–H groups in total. The van der Waals surface area contributed by atoms with Gasteiger partial charge in [0, 0.05) is 0 Å². The van der Waals surface area contributed by atoms with Crippen LogP contribution in [0.15, 0.2) is 24.3 Å². The SMILES string of the molecule is Cc1nsc(N)c1C(=O)O[C@H](C)C(=O)Nc1ccccc1F. The lowest BCUT2D eigenvalue weighted by atomic mass is 10.2. The topological polar surface area (TPSA) is 94.3 Å². The van der Waals surface area contributed by atoms with E-state index in [2.05, 4.69) is 9.69 Å². The minimum atomic E-state index is -1.11. The standard InChI is InChI=1S/C14H14FN3O3S/c1-7-11(12(16)22-18-7)14(20)21-8(2)13(19)17-10-6-4-3-5-9(10)15/h3-6,8H,16H2,1-2H3,(H,17,19)/t8-/m1/s1. The molecule has 0 unspecified atom stereocenters. The molecule has 116 valence electrons. The molecule has 0 aliphatic carbocycles. The van der Waals surface area contributed by atoms with Gasteiger partial charge in [0.25, 0.3) is 5.91 Å². The molecule has 1 heterocycles. The Morgan fingerprint density at radius 2 is 2.09 bits per heavy atom. The van der Waals surface area contributed by atoms with Gasteiger partial charge in [-0.25, -0.2) is 9.18 Å². The van der Waals surface area contributed by atoms with E-state index >= 15 is 0 Å². The van der Waals surface area contributed by atoms with E-state index in [0.717, 1.165) is 11.5 Å². The predicted octanol–water partition coefficient (Wildman–Crippen LogP) is 2.36. The normalized spacial score (nSPS) is 11.8. The zero-order chi connectivity index (χ0) is 16.3. The van der Waals surface area contributed by atoms with Crippen LogP contribution in [0.3, 0.4) is 0 Å². The number of carbonyl (C=O) groups is 2. The molecule has 1 aromatic carbocycles. The predicted molar refractivity (Wildman–Crippen MR) is 81.2 cm³/mol. The van der Waals surface area contributed by atoms with Gasteiger partial charge in [-0.3, -0.25) is 4.79 Å². The first kappa shape index (κ1) is 15.9. The number of para-hydroxylation sites is 1. The minimum absolute atomic E-state index is 0.0169. The first-order chi connectivity index (χ1) is 10.4. The van der Waals surface area contributed by atoms with E-state index < -0.39 is 23.8 Å². The molecular weight excluding hydrogens is 309 g/mol. The zero-order valence-electron chi connectivity index (χ0n) is 11.9. The number of nitrogen functional groups attached to an aromatic ring is 1. The van der Waals surface area contributed by atoms with E-state index in [0.29, 0.717) is 5.69 Å². The van der Waals surface area contributed by atoms with Gasteiger partial charge in [-0.1, -0.05) is 12.1 Å². The molecule has 1 atom stereocenters. The monoisotopic (exact) mass is 323 g/mol. The lowest BCUT2D eigenvalue weighted by molar-refractivity contribution is -0.123. The number of rotatable bonds is 4. The highest BCUT2D eigenvalue weighted by molar-refractivity contribution is 7.10. The quantitative estimate of drug-likeness (QED) is 0.842. The molecule has 1 aromatic heterocycles. The second kappa shape index (κ2) is 6.52. The molecule has 2 rings (SSSR count). The van der Waals surface area contributed by atoms with Crippen LogP contribution in [0.2, 0.25) is 0 Å². The van der Waals surface area contributed by atoms with Crippen molar-refractivity contribution in [1.29, 1.82) is 0 Å². The Kier molecular flexibility index (Phi) is 4.71. The zero-order valence-corrected chi connectivity index (χ0v) is 12.7. The number of hydrogen-bond donors (Lipinski definition) is 2. The van der Waals surface area contributed by atoms with Gasteiger partial charge in [0.1, 0.15) is 16.4 Å². The van der Waals surface area contributed by atoms with Gasteiger partial charge >= 0.3 is 5.97 Å². The van der Waals surface area contributed by atoms with Crippen molar-refractivity contribution in [2.45, 2.75) is 20.0 Å². The van der Waals surface area contributed by atoms with E-state index in [1.807, 2.05) is 0 Å². The van der Waals surface area contributed by atoms with Gasteiger partial charge in [0.15, 0.2) is 6.10 Å². The fourth-order valence-electron chi connectivity index (χ4n) is 1.71. The molecule has 0 aliphatic heterocycles. The summed E-state index contributed by atoms with van der Waals surface area (Å²) < 4.78 is 22.4. The Morgan fingerprint density at radius 1 is 1.41 bits per heavy atom. The van der Waals surface area contributed by atoms with Crippen molar-refractivity contribution in [2.24, 2.45) is 0 Å². The number of anilines is 2. The van der Waals surface area contributed by atoms with E-state index in [9.17, 15) is 14.0 Å². The van der Waals surface area contributed by atoms with Crippen LogP contribution in [-0.2, 0) is 9.53 Å². The van der Waals surface area contributed by atoms with Crippen LogP contribution in [0, 0.1) is 12.7 Å². The molecular formula is C14H14FN3O3S. The molecule has 0 bridgehead atoms. The minimum Gasteiger partial charge on any atom is -0.449 e. The van der Waals surface area contributed by atoms with Crippen LogP contribution < -0.4 is 11.1 Å². The molecule has 2 aromatic rings. The number of hydrogen-bond acceptors (Lipinski definition) is 6. The number of amides is 1. The summed E-state index contributed by atoms with van der Waals surface area (Å²) in [5.74, 6) is -1.95. The number of nitrogens with one attached hydrogen (secondary N) is 1. The molecule has 0 saturated carbocycles. The second-order valence-electron chi connectivity index (χ2n) is 4.52. The molecule has 1 amide bonds. The number of ether oxygens (including phenoxy) is 1. The van der Waals surface area contributed by atoms with Crippen molar-refractivity contribution in [3.8, 4) is 0 Å². The molecule has 0 saturated heterocycles. The average molecular weight is 323 g/mol. The Morgan fingerprint density at radius 3 is 2.68 bits per heavy atom. The van der Waals surface area contributed by atoms with E-state index in [4.69, 9.17) is 10.5 Å². The number of esters is 1. The van der Waals surface area contributed by atoms with Crippen molar-refractivity contribution in [1.82, 2.24) is 4.37 Å². The van der Waals surface area contributed by atoms with Gasteiger partial charge in [-0.05, 0) is 37.5 Å². The number of nitrogens with two attached hydrogens (primary N) is 1. The summed E-state index contributed by atoms with van der Waals surface area (Å²) in [6.07, 6.45) is -1.11. The maximum atomic E-state index is 13.5. The largest absolute Gasteiger partial charge is 0.449 e. The number of benzene rings is 1. The molecule has 22 heavy (non-hydrogen) atoms. The summed E-state index contributed by atoms with van der Waals surface area (Å²) in [6.45, 7) is 3.01. The van der Waals surface area contributed by atoms with Crippen LogP contribution in [0.25, 0.3) is 0 Å². The van der Waals surface area contributed by atoms with Crippen molar-refractivity contribution in [2.75, 3.05) is 11.1 Å². The number of aromatic nitrogens is 1. The van der Waals surface area contributed by atoms with Crippen LogP contribution in [0.4, 0.5) is 15.1 Å². The Labute approximate surface area is 130 Å². The van der Waals surface area contributed by atoms with Gasteiger partial charge in [0.05, 0.1) is 11.4 Å². The summed E-state index contributed by atoms with van der Waals surface area (Å²) in [5, 5.41) is 2.58. The van der Waals surface area contributed by atoms with Crippen molar-refractivity contribution >= 4 is 34.1 Å². The third kappa shape index (κ3) is 3.40. The van der Waals surface area contributed by atoms with Crippen LogP contribution in [0.5, 0.6) is 0 Å². The highest BCUT2D eigenvalue weighted by Crippen LogP contribution is 2.22. The third-order valence-corrected chi connectivity index (χ3v) is 3.64. The highest BCUT2D eigenvalue weighted by Gasteiger charge is 2.24. The third-order valence-electron chi connectivity index (χ3n) is 2.88. The Balaban J connectivity index is 2.03. The molecule has 0 aliphatic rings. The van der Waals surface area contributed by atoms with Crippen molar-refractivity contribution in [3.63, 3.8) is 0 Å². The highest BCUT2D eigenvalue weighted by atomic mass is 32.1. The van der Waals surface area contributed by atoms with E-state index in [-0.39, 0.29) is 16.3 Å². The fraction of sp³-hybridized carbons (Fsp3) is 0.214. The second-order valence-corrected chi connectivity index (χ2v) is 5.33. The number of carbonyl (C=O) groups excluding carboxylic acids is 2. The molecule has 0 spiro atoms. The maximum absolute atomic E-state index is 13.5. The summed E-state index contributed by atoms with van der Waals surface area (Å²) in [6, 6.07) is 5.71. The Hall–Kier alpha value is -2.48. The average Bonchev–Trinajstić information content (AvgIpc) is 2.80. The number of aryl methyl sites for hydroxylation is 1. The molecule has 6 nitrogen and oxygen atoms in total. The van der Waals surface area contributed by atoms with Crippen LogP contribution in [0.1, 0.15) is 23.0 Å². The number of halogens is 1.